The van der Waals surface area contributed by atoms with E-state index in [0.29, 0.717) is 6.61 Å². The topological polar surface area (TPSA) is 35.2 Å². The Labute approximate surface area is 103 Å². The first-order chi connectivity index (χ1) is 7.77. The zero-order valence-electron chi connectivity index (χ0n) is 10.1. The maximum absolute atomic E-state index is 6.10. The maximum atomic E-state index is 6.10. The van der Waals surface area contributed by atoms with Crippen molar-refractivity contribution in [1.29, 1.82) is 0 Å². The molecule has 1 rings (SSSR count). The van der Waals surface area contributed by atoms with Crippen molar-refractivity contribution in [3.05, 3.63) is 29.8 Å². The summed E-state index contributed by atoms with van der Waals surface area (Å²) in [5.74, 6) is 3.09. The molecule has 0 saturated heterocycles. The molecule has 0 amide bonds. The molecule has 0 heterocycles. The summed E-state index contributed by atoms with van der Waals surface area (Å²) in [6, 6.07) is 8.23. The molecule has 0 radical (unpaired) electrons. The van der Waals surface area contributed by atoms with Crippen molar-refractivity contribution in [1.82, 2.24) is 0 Å². The molecule has 0 spiro atoms. The van der Waals surface area contributed by atoms with E-state index in [0.717, 1.165) is 11.5 Å². The summed E-state index contributed by atoms with van der Waals surface area (Å²) < 4.78 is 5.39. The van der Waals surface area contributed by atoms with Crippen LogP contribution in [0, 0.1) is 0 Å². The van der Waals surface area contributed by atoms with Gasteiger partial charge in [-0.15, -0.1) is 0 Å². The van der Waals surface area contributed by atoms with Crippen LogP contribution in [0.25, 0.3) is 0 Å². The van der Waals surface area contributed by atoms with E-state index in [9.17, 15) is 0 Å². The lowest BCUT2D eigenvalue weighted by atomic mass is 10.1. The molecule has 0 aliphatic heterocycles. The molecule has 0 aliphatic carbocycles. The fourth-order valence-electron chi connectivity index (χ4n) is 1.43. The zero-order chi connectivity index (χ0) is 11.8. The number of thioether (sulfide) groups is 1. The van der Waals surface area contributed by atoms with Crippen molar-refractivity contribution in [2.24, 2.45) is 5.73 Å². The van der Waals surface area contributed by atoms with E-state index in [1.807, 2.05) is 30.8 Å². The predicted molar refractivity (Wildman–Crippen MR) is 72.2 cm³/mol. The summed E-state index contributed by atoms with van der Waals surface area (Å²) >= 11 is 1.91. The Bertz CT molecular complexity index is 286. The SMILES string of the molecule is CCCSCC(N)c1ccc(OCC)cc1. The van der Waals surface area contributed by atoms with Crippen LogP contribution < -0.4 is 10.5 Å². The van der Waals surface area contributed by atoms with Crippen LogP contribution >= 0.6 is 11.8 Å². The van der Waals surface area contributed by atoms with Crippen LogP contribution in [0.4, 0.5) is 0 Å². The molecule has 2 N–H and O–H groups in total. The van der Waals surface area contributed by atoms with Gasteiger partial charge in [-0.25, -0.2) is 0 Å². The normalized spacial score (nSPS) is 12.4. The molecule has 1 aromatic carbocycles. The monoisotopic (exact) mass is 239 g/mol. The second kappa shape index (κ2) is 7.58. The van der Waals surface area contributed by atoms with Gasteiger partial charge in [0.2, 0.25) is 0 Å². The average molecular weight is 239 g/mol. The Balaban J connectivity index is 2.46. The second-order valence-electron chi connectivity index (χ2n) is 3.68. The lowest BCUT2D eigenvalue weighted by molar-refractivity contribution is 0.340. The third-order valence-corrected chi connectivity index (χ3v) is 3.56. The van der Waals surface area contributed by atoms with Crippen molar-refractivity contribution >= 4 is 11.8 Å². The predicted octanol–water partition coefficient (Wildman–Crippen LogP) is 3.23. The smallest absolute Gasteiger partial charge is 0.119 e. The minimum Gasteiger partial charge on any atom is -0.494 e. The van der Waals surface area contributed by atoms with Crippen molar-refractivity contribution in [2.45, 2.75) is 26.3 Å². The molecular weight excluding hydrogens is 218 g/mol. The fourth-order valence-corrected chi connectivity index (χ4v) is 2.33. The highest BCUT2D eigenvalue weighted by Crippen LogP contribution is 2.19. The van der Waals surface area contributed by atoms with Gasteiger partial charge in [-0.3, -0.25) is 0 Å². The molecule has 2 nitrogen and oxygen atoms in total. The highest BCUT2D eigenvalue weighted by atomic mass is 32.2. The van der Waals surface area contributed by atoms with Crippen LogP contribution in [0.15, 0.2) is 24.3 Å². The first-order valence-corrected chi connectivity index (χ1v) is 6.99. The van der Waals surface area contributed by atoms with Gasteiger partial charge >= 0.3 is 0 Å². The largest absolute Gasteiger partial charge is 0.494 e. The Morgan fingerprint density at radius 2 is 1.94 bits per heavy atom. The molecular formula is C13H21NOS. The van der Waals surface area contributed by atoms with Gasteiger partial charge in [-0.2, -0.15) is 11.8 Å². The lowest BCUT2D eigenvalue weighted by Crippen LogP contribution is -2.13. The molecule has 3 heteroatoms. The van der Waals surface area contributed by atoms with Gasteiger partial charge in [0, 0.05) is 11.8 Å². The number of benzene rings is 1. The molecule has 0 bridgehead atoms. The quantitative estimate of drug-likeness (QED) is 0.742. The molecule has 0 aromatic heterocycles. The van der Waals surface area contributed by atoms with Crippen molar-refractivity contribution in [3.8, 4) is 5.75 Å². The Morgan fingerprint density at radius 1 is 1.25 bits per heavy atom. The Hall–Kier alpha value is -0.670. The van der Waals surface area contributed by atoms with E-state index in [-0.39, 0.29) is 6.04 Å². The zero-order valence-corrected chi connectivity index (χ0v) is 10.9. The highest BCUT2D eigenvalue weighted by molar-refractivity contribution is 7.99. The minimum absolute atomic E-state index is 0.132. The number of hydrogen-bond donors (Lipinski definition) is 1. The van der Waals surface area contributed by atoms with Gasteiger partial charge in [-0.1, -0.05) is 19.1 Å². The van der Waals surface area contributed by atoms with E-state index in [1.54, 1.807) is 0 Å². The van der Waals surface area contributed by atoms with E-state index < -0.39 is 0 Å². The number of ether oxygens (including phenoxy) is 1. The number of hydrogen-bond acceptors (Lipinski definition) is 3. The van der Waals surface area contributed by atoms with Gasteiger partial charge in [0.05, 0.1) is 6.61 Å². The van der Waals surface area contributed by atoms with Crippen LogP contribution in [-0.2, 0) is 0 Å². The molecule has 1 aromatic rings. The van der Waals surface area contributed by atoms with E-state index in [4.69, 9.17) is 10.5 Å². The average Bonchev–Trinajstić information content (AvgIpc) is 2.30. The molecule has 90 valence electrons. The van der Waals surface area contributed by atoms with Gasteiger partial charge in [0.1, 0.15) is 5.75 Å². The van der Waals surface area contributed by atoms with Gasteiger partial charge in [0.15, 0.2) is 0 Å². The molecule has 0 fully saturated rings. The summed E-state index contributed by atoms with van der Waals surface area (Å²) in [5, 5.41) is 0. The summed E-state index contributed by atoms with van der Waals surface area (Å²) in [7, 11) is 0. The maximum Gasteiger partial charge on any atom is 0.119 e. The minimum atomic E-state index is 0.132. The van der Waals surface area contributed by atoms with Crippen molar-refractivity contribution in [3.63, 3.8) is 0 Å². The standard InChI is InChI=1S/C13H21NOS/c1-3-9-16-10-13(14)11-5-7-12(8-6-11)15-4-2/h5-8,13H,3-4,9-10,14H2,1-2H3. The first kappa shape index (κ1) is 13.4. The molecule has 1 atom stereocenters. The molecule has 1 unspecified atom stereocenters. The van der Waals surface area contributed by atoms with Crippen LogP contribution in [0.2, 0.25) is 0 Å². The number of rotatable bonds is 7. The fraction of sp³-hybridized carbons (Fsp3) is 0.538. The van der Waals surface area contributed by atoms with Crippen LogP contribution in [-0.4, -0.2) is 18.1 Å². The highest BCUT2D eigenvalue weighted by Gasteiger charge is 2.05. The Kier molecular flexibility index (Phi) is 6.34. The molecule has 0 aliphatic rings. The molecule has 0 saturated carbocycles. The second-order valence-corrected chi connectivity index (χ2v) is 4.83. The van der Waals surface area contributed by atoms with Crippen LogP contribution in [0.1, 0.15) is 31.9 Å². The lowest BCUT2D eigenvalue weighted by Gasteiger charge is -2.12. The van der Waals surface area contributed by atoms with Crippen molar-refractivity contribution < 1.29 is 4.74 Å². The molecule has 16 heavy (non-hydrogen) atoms. The first-order valence-electron chi connectivity index (χ1n) is 5.84. The van der Waals surface area contributed by atoms with Gasteiger partial charge in [0.25, 0.3) is 0 Å². The summed E-state index contributed by atoms with van der Waals surface area (Å²) in [6.45, 7) is 4.88. The summed E-state index contributed by atoms with van der Waals surface area (Å²) in [6.07, 6.45) is 1.21. The van der Waals surface area contributed by atoms with E-state index in [2.05, 4.69) is 19.1 Å². The summed E-state index contributed by atoms with van der Waals surface area (Å²) in [4.78, 5) is 0. The summed E-state index contributed by atoms with van der Waals surface area (Å²) in [5.41, 5.74) is 7.29. The number of nitrogens with two attached hydrogens (primary N) is 1. The van der Waals surface area contributed by atoms with Crippen LogP contribution in [0.3, 0.4) is 0 Å². The van der Waals surface area contributed by atoms with Gasteiger partial charge < -0.3 is 10.5 Å². The van der Waals surface area contributed by atoms with Crippen molar-refractivity contribution in [2.75, 3.05) is 18.1 Å². The van der Waals surface area contributed by atoms with E-state index >= 15 is 0 Å². The van der Waals surface area contributed by atoms with Crippen LogP contribution in [0.5, 0.6) is 5.75 Å². The van der Waals surface area contributed by atoms with E-state index in [1.165, 1.54) is 17.7 Å². The third kappa shape index (κ3) is 4.45. The Morgan fingerprint density at radius 3 is 2.50 bits per heavy atom. The third-order valence-electron chi connectivity index (χ3n) is 2.27. The van der Waals surface area contributed by atoms with Gasteiger partial charge in [-0.05, 0) is 36.8 Å².